The number of rotatable bonds is 2. The Hall–Kier alpha value is -1.88. The molecule has 0 aliphatic carbocycles. The molecule has 2 aliphatic rings. The standard InChI is InChI=1S/C16H20N2O3/c19-15(11-4-2-7-17-9-11)18-8-6-13-12(10-18)3-1-5-14(13)16(20)21/h1,3,5,11,17H,2,4,6-10H2,(H,20,21). The van der Waals surface area contributed by atoms with Gasteiger partial charge in [-0.1, -0.05) is 12.1 Å². The average Bonchev–Trinajstić information content (AvgIpc) is 2.53. The lowest BCUT2D eigenvalue weighted by molar-refractivity contribution is -0.137. The molecule has 0 spiro atoms. The van der Waals surface area contributed by atoms with Crippen molar-refractivity contribution in [2.45, 2.75) is 25.8 Å². The molecule has 0 radical (unpaired) electrons. The van der Waals surface area contributed by atoms with Crippen LogP contribution in [0.25, 0.3) is 0 Å². The maximum Gasteiger partial charge on any atom is 0.335 e. The Labute approximate surface area is 123 Å². The Morgan fingerprint density at radius 3 is 2.90 bits per heavy atom. The van der Waals surface area contributed by atoms with E-state index in [1.54, 1.807) is 12.1 Å². The van der Waals surface area contributed by atoms with Crippen LogP contribution < -0.4 is 5.32 Å². The zero-order valence-corrected chi connectivity index (χ0v) is 12.0. The van der Waals surface area contributed by atoms with Crippen LogP contribution in [0.15, 0.2) is 18.2 Å². The van der Waals surface area contributed by atoms with Gasteiger partial charge in [-0.15, -0.1) is 0 Å². The van der Waals surface area contributed by atoms with E-state index in [2.05, 4.69) is 5.32 Å². The zero-order chi connectivity index (χ0) is 14.8. The summed E-state index contributed by atoms with van der Waals surface area (Å²) in [5.74, 6) is -0.611. The smallest absolute Gasteiger partial charge is 0.335 e. The molecule has 21 heavy (non-hydrogen) atoms. The van der Waals surface area contributed by atoms with Crippen LogP contribution in [0.1, 0.15) is 34.3 Å². The van der Waals surface area contributed by atoms with Gasteiger partial charge in [0, 0.05) is 19.6 Å². The summed E-state index contributed by atoms with van der Waals surface area (Å²) in [7, 11) is 0. The van der Waals surface area contributed by atoms with Crippen molar-refractivity contribution in [2.75, 3.05) is 19.6 Å². The van der Waals surface area contributed by atoms with Gasteiger partial charge in [-0.3, -0.25) is 4.79 Å². The highest BCUT2D eigenvalue weighted by Gasteiger charge is 2.29. The minimum absolute atomic E-state index is 0.0722. The van der Waals surface area contributed by atoms with Gasteiger partial charge in [0.05, 0.1) is 11.5 Å². The molecule has 2 N–H and O–H groups in total. The third kappa shape index (κ3) is 2.78. The van der Waals surface area contributed by atoms with Crippen LogP contribution in [0.2, 0.25) is 0 Å². The summed E-state index contributed by atoms with van der Waals surface area (Å²) in [5, 5.41) is 12.5. The van der Waals surface area contributed by atoms with Crippen molar-refractivity contribution >= 4 is 11.9 Å². The van der Waals surface area contributed by atoms with Crippen LogP contribution in [0.4, 0.5) is 0 Å². The van der Waals surface area contributed by atoms with Crippen LogP contribution in [0.5, 0.6) is 0 Å². The van der Waals surface area contributed by atoms with Crippen molar-refractivity contribution in [3.63, 3.8) is 0 Å². The van der Waals surface area contributed by atoms with Gasteiger partial charge < -0.3 is 15.3 Å². The fourth-order valence-electron chi connectivity index (χ4n) is 3.32. The molecule has 2 aliphatic heterocycles. The fraction of sp³-hybridized carbons (Fsp3) is 0.500. The number of carbonyl (C=O) groups is 2. The number of aromatic carboxylic acids is 1. The van der Waals surface area contributed by atoms with Gasteiger partial charge >= 0.3 is 5.97 Å². The van der Waals surface area contributed by atoms with Crippen molar-refractivity contribution in [3.8, 4) is 0 Å². The van der Waals surface area contributed by atoms with Crippen molar-refractivity contribution in [1.29, 1.82) is 0 Å². The van der Waals surface area contributed by atoms with E-state index in [9.17, 15) is 14.7 Å². The van der Waals surface area contributed by atoms with Gasteiger partial charge in [0.1, 0.15) is 0 Å². The van der Waals surface area contributed by atoms with Gasteiger partial charge in [0.25, 0.3) is 0 Å². The van der Waals surface area contributed by atoms with Gasteiger partial charge in [0.15, 0.2) is 0 Å². The highest BCUT2D eigenvalue weighted by atomic mass is 16.4. The minimum Gasteiger partial charge on any atom is -0.478 e. The Balaban J connectivity index is 1.77. The maximum absolute atomic E-state index is 12.6. The Kier molecular flexibility index (Phi) is 3.92. The van der Waals surface area contributed by atoms with E-state index in [-0.39, 0.29) is 11.8 Å². The van der Waals surface area contributed by atoms with Crippen molar-refractivity contribution in [3.05, 3.63) is 34.9 Å². The molecule has 1 aromatic rings. The first kappa shape index (κ1) is 14.1. The number of carbonyl (C=O) groups excluding carboxylic acids is 1. The SMILES string of the molecule is O=C(O)c1cccc2c1CCN(C(=O)C1CCCNC1)C2. The lowest BCUT2D eigenvalue weighted by Gasteiger charge is -2.33. The van der Waals surface area contributed by atoms with E-state index < -0.39 is 5.97 Å². The van der Waals surface area contributed by atoms with E-state index >= 15 is 0 Å². The second-order valence-electron chi connectivity index (χ2n) is 5.80. The summed E-state index contributed by atoms with van der Waals surface area (Å²) in [6, 6.07) is 5.34. The second-order valence-corrected chi connectivity index (χ2v) is 5.80. The fourth-order valence-corrected chi connectivity index (χ4v) is 3.32. The van der Waals surface area contributed by atoms with Gasteiger partial charge in [-0.25, -0.2) is 4.79 Å². The number of fused-ring (bicyclic) bond motifs is 1. The normalized spacial score (nSPS) is 21.7. The predicted molar refractivity (Wildman–Crippen MR) is 78.1 cm³/mol. The molecule has 3 rings (SSSR count). The van der Waals surface area contributed by atoms with E-state index in [1.165, 1.54) is 0 Å². The number of piperidine rings is 1. The predicted octanol–water partition coefficient (Wildman–Crippen LogP) is 1.27. The quantitative estimate of drug-likeness (QED) is 0.860. The molecule has 112 valence electrons. The molecule has 5 heteroatoms. The third-order valence-electron chi connectivity index (χ3n) is 4.45. The van der Waals surface area contributed by atoms with Gasteiger partial charge in [0.2, 0.25) is 5.91 Å². The highest BCUT2D eigenvalue weighted by molar-refractivity contribution is 5.90. The largest absolute Gasteiger partial charge is 0.478 e. The average molecular weight is 288 g/mol. The molecule has 1 aromatic carbocycles. The number of hydrogen-bond acceptors (Lipinski definition) is 3. The number of nitrogens with zero attached hydrogens (tertiary/aromatic N) is 1. The molecular formula is C16H20N2O3. The molecule has 2 heterocycles. The first-order valence-corrected chi connectivity index (χ1v) is 7.50. The number of amides is 1. The van der Waals surface area contributed by atoms with Gasteiger partial charge in [-0.2, -0.15) is 0 Å². The van der Waals surface area contributed by atoms with Crippen LogP contribution in [-0.2, 0) is 17.8 Å². The lowest BCUT2D eigenvalue weighted by atomic mass is 9.92. The number of nitrogens with one attached hydrogen (secondary N) is 1. The summed E-state index contributed by atoms with van der Waals surface area (Å²) in [6.07, 6.45) is 2.62. The molecule has 1 atom stereocenters. The zero-order valence-electron chi connectivity index (χ0n) is 12.0. The van der Waals surface area contributed by atoms with Crippen molar-refractivity contribution in [1.82, 2.24) is 10.2 Å². The van der Waals surface area contributed by atoms with E-state index in [1.807, 2.05) is 11.0 Å². The van der Waals surface area contributed by atoms with Crippen LogP contribution in [0, 0.1) is 5.92 Å². The monoisotopic (exact) mass is 288 g/mol. The summed E-state index contributed by atoms with van der Waals surface area (Å²) >= 11 is 0. The van der Waals surface area contributed by atoms with Crippen LogP contribution in [0.3, 0.4) is 0 Å². The van der Waals surface area contributed by atoms with Crippen molar-refractivity contribution in [2.24, 2.45) is 5.92 Å². The summed E-state index contributed by atoms with van der Waals surface area (Å²) < 4.78 is 0. The number of carboxylic acid groups (broad SMARTS) is 1. The number of hydrogen-bond donors (Lipinski definition) is 2. The van der Waals surface area contributed by atoms with E-state index in [0.717, 1.165) is 37.1 Å². The third-order valence-corrected chi connectivity index (χ3v) is 4.45. The molecular weight excluding hydrogens is 268 g/mol. The molecule has 1 amide bonds. The first-order chi connectivity index (χ1) is 10.2. The molecule has 0 aromatic heterocycles. The first-order valence-electron chi connectivity index (χ1n) is 7.50. The van der Waals surface area contributed by atoms with Crippen LogP contribution >= 0.6 is 0 Å². The topological polar surface area (TPSA) is 69.6 Å². The van der Waals surface area contributed by atoms with Gasteiger partial charge in [-0.05, 0) is 43.0 Å². The molecule has 1 saturated heterocycles. The molecule has 0 bridgehead atoms. The summed E-state index contributed by atoms with van der Waals surface area (Å²) in [4.78, 5) is 25.7. The second kappa shape index (κ2) is 5.85. The number of benzene rings is 1. The van der Waals surface area contributed by atoms with E-state index in [4.69, 9.17) is 0 Å². The lowest BCUT2D eigenvalue weighted by Crippen LogP contribution is -2.45. The molecule has 5 nitrogen and oxygen atoms in total. The Morgan fingerprint density at radius 1 is 1.33 bits per heavy atom. The molecule has 0 saturated carbocycles. The van der Waals surface area contributed by atoms with Crippen LogP contribution in [-0.4, -0.2) is 41.5 Å². The molecule has 1 fully saturated rings. The van der Waals surface area contributed by atoms with E-state index in [0.29, 0.717) is 25.1 Å². The maximum atomic E-state index is 12.6. The summed E-state index contributed by atoms with van der Waals surface area (Å²) in [5.41, 5.74) is 2.23. The minimum atomic E-state index is -0.886. The number of carboxylic acids is 1. The van der Waals surface area contributed by atoms with Crippen molar-refractivity contribution < 1.29 is 14.7 Å². The Bertz CT molecular complexity index is 565. The Morgan fingerprint density at radius 2 is 2.19 bits per heavy atom. The molecule has 1 unspecified atom stereocenters. The summed E-state index contributed by atoms with van der Waals surface area (Å²) in [6.45, 7) is 2.91. The highest BCUT2D eigenvalue weighted by Crippen LogP contribution is 2.25.